The first kappa shape index (κ1) is 20.4. The molecule has 3 N–H and O–H groups in total. The SMILES string of the molecule is Cn1cc2[nH]c(=O)c(-c3nc4ccc(N5CCCCC5)cc4[nH]3)c(NCc3ncccn3)c2n1. The Kier molecular flexibility index (Phi) is 4.97. The third-order valence-corrected chi connectivity index (χ3v) is 6.26. The summed E-state index contributed by atoms with van der Waals surface area (Å²) in [5, 5.41) is 7.92. The van der Waals surface area contributed by atoms with Gasteiger partial charge in [-0.05, 0) is 43.5 Å². The Balaban J connectivity index is 1.45. The number of piperidine rings is 1. The van der Waals surface area contributed by atoms with Crippen LogP contribution in [0.5, 0.6) is 0 Å². The number of aromatic nitrogens is 7. The number of imidazole rings is 1. The minimum Gasteiger partial charge on any atom is -0.375 e. The highest BCUT2D eigenvalue weighted by molar-refractivity contribution is 5.96. The number of fused-ring (bicyclic) bond motifs is 2. The normalized spacial score (nSPS) is 14.2. The molecule has 10 heteroatoms. The minimum absolute atomic E-state index is 0.243. The molecular weight excluding hydrogens is 430 g/mol. The predicted octanol–water partition coefficient (Wildman–Crippen LogP) is 3.20. The first-order valence-electron chi connectivity index (χ1n) is 11.5. The van der Waals surface area contributed by atoms with Crippen LogP contribution in [0.3, 0.4) is 0 Å². The molecule has 10 nitrogen and oxygen atoms in total. The zero-order chi connectivity index (χ0) is 23.1. The molecule has 0 atom stereocenters. The summed E-state index contributed by atoms with van der Waals surface area (Å²) in [5.74, 6) is 1.12. The molecule has 5 heterocycles. The van der Waals surface area contributed by atoms with Gasteiger partial charge in [0.2, 0.25) is 0 Å². The predicted molar refractivity (Wildman–Crippen MR) is 132 cm³/mol. The largest absolute Gasteiger partial charge is 0.375 e. The molecule has 0 aliphatic carbocycles. The second kappa shape index (κ2) is 8.29. The van der Waals surface area contributed by atoms with Crippen molar-refractivity contribution in [2.24, 2.45) is 7.05 Å². The number of benzene rings is 1. The Labute approximate surface area is 195 Å². The van der Waals surface area contributed by atoms with Crippen molar-refractivity contribution in [1.29, 1.82) is 0 Å². The van der Waals surface area contributed by atoms with Crippen LogP contribution in [0.1, 0.15) is 25.1 Å². The number of pyridine rings is 1. The lowest BCUT2D eigenvalue weighted by atomic mass is 10.1. The molecule has 6 rings (SSSR count). The smallest absolute Gasteiger partial charge is 0.261 e. The number of H-pyrrole nitrogens is 2. The maximum atomic E-state index is 13.2. The molecule has 5 aromatic rings. The van der Waals surface area contributed by atoms with Gasteiger partial charge in [0.25, 0.3) is 5.56 Å². The lowest BCUT2D eigenvalue weighted by Gasteiger charge is -2.28. The Hall–Kier alpha value is -4.21. The van der Waals surface area contributed by atoms with E-state index in [1.807, 2.05) is 13.1 Å². The monoisotopic (exact) mass is 455 g/mol. The van der Waals surface area contributed by atoms with Gasteiger partial charge in [0.1, 0.15) is 22.7 Å². The molecule has 1 fully saturated rings. The summed E-state index contributed by atoms with van der Waals surface area (Å²) < 4.78 is 1.68. The van der Waals surface area contributed by atoms with Gasteiger partial charge in [0.05, 0.1) is 28.8 Å². The fourth-order valence-corrected chi connectivity index (χ4v) is 4.63. The van der Waals surface area contributed by atoms with E-state index in [4.69, 9.17) is 4.98 Å². The average molecular weight is 456 g/mol. The van der Waals surface area contributed by atoms with E-state index in [-0.39, 0.29) is 5.56 Å². The van der Waals surface area contributed by atoms with E-state index in [1.54, 1.807) is 29.3 Å². The first-order chi connectivity index (χ1) is 16.7. The van der Waals surface area contributed by atoms with Gasteiger partial charge in [-0.25, -0.2) is 15.0 Å². The molecule has 0 bridgehead atoms. The van der Waals surface area contributed by atoms with Crippen molar-refractivity contribution in [3.05, 3.63) is 59.0 Å². The molecule has 172 valence electrons. The summed E-state index contributed by atoms with van der Waals surface area (Å²) in [6.07, 6.45) is 8.89. The van der Waals surface area contributed by atoms with Gasteiger partial charge in [0, 0.05) is 44.4 Å². The number of hydrogen-bond acceptors (Lipinski definition) is 7. The number of nitrogens with one attached hydrogen (secondary N) is 3. The molecule has 0 spiro atoms. The Morgan fingerprint density at radius 1 is 1.06 bits per heavy atom. The van der Waals surface area contributed by atoms with Gasteiger partial charge in [-0.2, -0.15) is 5.10 Å². The van der Waals surface area contributed by atoms with Crippen LogP contribution in [0.4, 0.5) is 11.4 Å². The maximum Gasteiger partial charge on any atom is 0.261 e. The topological polar surface area (TPSA) is 120 Å². The number of aryl methyl sites for hydroxylation is 1. The van der Waals surface area contributed by atoms with Crippen LogP contribution in [-0.4, -0.2) is 47.8 Å². The van der Waals surface area contributed by atoms with E-state index in [9.17, 15) is 4.79 Å². The summed E-state index contributed by atoms with van der Waals surface area (Å²) in [4.78, 5) is 35.3. The van der Waals surface area contributed by atoms with Crippen molar-refractivity contribution in [2.75, 3.05) is 23.3 Å². The Bertz CT molecular complexity index is 1530. The minimum atomic E-state index is -0.243. The van der Waals surface area contributed by atoms with Crippen LogP contribution < -0.4 is 15.8 Å². The summed E-state index contributed by atoms with van der Waals surface area (Å²) in [6, 6.07) is 8.01. The van der Waals surface area contributed by atoms with Crippen molar-refractivity contribution < 1.29 is 0 Å². The van der Waals surface area contributed by atoms with E-state index >= 15 is 0 Å². The van der Waals surface area contributed by atoms with Crippen LogP contribution in [0, 0.1) is 0 Å². The summed E-state index contributed by atoms with van der Waals surface area (Å²) >= 11 is 0. The highest BCUT2D eigenvalue weighted by Gasteiger charge is 2.21. The molecule has 34 heavy (non-hydrogen) atoms. The van der Waals surface area contributed by atoms with E-state index in [0.717, 1.165) is 24.1 Å². The Morgan fingerprint density at radius 2 is 1.88 bits per heavy atom. The van der Waals surface area contributed by atoms with Crippen molar-refractivity contribution >= 4 is 33.4 Å². The third kappa shape index (κ3) is 3.66. The molecule has 0 saturated carbocycles. The van der Waals surface area contributed by atoms with Crippen molar-refractivity contribution in [3.63, 3.8) is 0 Å². The molecule has 0 amide bonds. The van der Waals surface area contributed by atoms with Crippen LogP contribution in [0.2, 0.25) is 0 Å². The van der Waals surface area contributed by atoms with Crippen molar-refractivity contribution in [2.45, 2.75) is 25.8 Å². The number of aromatic amines is 2. The van der Waals surface area contributed by atoms with Gasteiger partial charge in [-0.3, -0.25) is 9.48 Å². The zero-order valence-electron chi connectivity index (χ0n) is 18.9. The molecule has 0 radical (unpaired) electrons. The molecule has 1 aliphatic heterocycles. The molecule has 1 aromatic carbocycles. The van der Waals surface area contributed by atoms with Gasteiger partial charge >= 0.3 is 0 Å². The van der Waals surface area contributed by atoms with Gasteiger partial charge in [-0.1, -0.05) is 0 Å². The molecule has 0 unspecified atom stereocenters. The van der Waals surface area contributed by atoms with E-state index in [0.29, 0.717) is 40.5 Å². The van der Waals surface area contributed by atoms with Crippen LogP contribution in [0.15, 0.2) is 47.7 Å². The molecule has 1 saturated heterocycles. The maximum absolute atomic E-state index is 13.2. The fraction of sp³-hybridized carbons (Fsp3) is 0.292. The number of nitrogens with zero attached hydrogens (tertiary/aromatic N) is 6. The summed E-state index contributed by atoms with van der Waals surface area (Å²) in [7, 11) is 1.82. The second-order valence-electron chi connectivity index (χ2n) is 8.62. The van der Waals surface area contributed by atoms with Crippen LogP contribution >= 0.6 is 0 Å². The fourth-order valence-electron chi connectivity index (χ4n) is 4.63. The second-order valence-corrected chi connectivity index (χ2v) is 8.62. The molecule has 1 aliphatic rings. The van der Waals surface area contributed by atoms with Gasteiger partial charge in [0.15, 0.2) is 0 Å². The third-order valence-electron chi connectivity index (χ3n) is 6.26. The standard InChI is InChI=1S/C24H25N9O/c1-32-14-18-21(31-32)22(27-13-19-25-8-5-9-26-19)20(24(34)30-18)23-28-16-7-6-15(12-17(16)29-23)33-10-3-2-4-11-33/h5-9,12,14,27H,2-4,10-11,13H2,1H3,(H,28,29)(H,30,34). The van der Waals surface area contributed by atoms with Gasteiger partial charge in [-0.15, -0.1) is 0 Å². The Morgan fingerprint density at radius 3 is 2.71 bits per heavy atom. The van der Waals surface area contributed by atoms with E-state index < -0.39 is 0 Å². The molecular formula is C24H25N9O. The van der Waals surface area contributed by atoms with E-state index in [1.165, 1.54) is 24.9 Å². The quantitative estimate of drug-likeness (QED) is 0.372. The van der Waals surface area contributed by atoms with Crippen molar-refractivity contribution in [1.82, 2.24) is 34.7 Å². The summed E-state index contributed by atoms with van der Waals surface area (Å²) in [5.41, 5.74) is 4.96. The highest BCUT2D eigenvalue weighted by atomic mass is 16.1. The van der Waals surface area contributed by atoms with Crippen molar-refractivity contribution in [3.8, 4) is 11.4 Å². The highest BCUT2D eigenvalue weighted by Crippen LogP contribution is 2.31. The number of rotatable bonds is 5. The average Bonchev–Trinajstić information content (AvgIpc) is 3.45. The van der Waals surface area contributed by atoms with Crippen LogP contribution in [-0.2, 0) is 13.6 Å². The van der Waals surface area contributed by atoms with E-state index in [2.05, 4.69) is 47.4 Å². The number of hydrogen-bond donors (Lipinski definition) is 3. The lowest BCUT2D eigenvalue weighted by molar-refractivity contribution is 0.578. The van der Waals surface area contributed by atoms with Gasteiger partial charge < -0.3 is 20.2 Å². The first-order valence-corrected chi connectivity index (χ1v) is 11.5. The van der Waals surface area contributed by atoms with Crippen LogP contribution in [0.25, 0.3) is 33.5 Å². The summed E-state index contributed by atoms with van der Waals surface area (Å²) in [6.45, 7) is 2.48. The lowest BCUT2D eigenvalue weighted by Crippen LogP contribution is -2.29. The zero-order valence-corrected chi connectivity index (χ0v) is 18.9. The molecule has 4 aromatic heterocycles. The number of anilines is 2.